The predicted molar refractivity (Wildman–Crippen MR) is 70.1 cm³/mol. The Hall–Kier alpha value is -0.730. The molecule has 1 aromatic rings. The summed E-state index contributed by atoms with van der Waals surface area (Å²) in [6.07, 6.45) is -5.78. The van der Waals surface area contributed by atoms with Gasteiger partial charge in [-0.2, -0.15) is 0 Å². The molecule has 6 nitrogen and oxygen atoms in total. The lowest BCUT2D eigenvalue weighted by atomic mass is 10.0. The highest BCUT2D eigenvalue weighted by Gasteiger charge is 2.38. The van der Waals surface area contributed by atoms with Gasteiger partial charge in [0, 0.05) is 10.6 Å². The van der Waals surface area contributed by atoms with E-state index in [1.807, 2.05) is 0 Å². The monoisotopic (exact) mass is 304 g/mol. The molecule has 7 heteroatoms. The first-order valence-electron chi connectivity index (χ1n) is 6.20. The van der Waals surface area contributed by atoms with Crippen LogP contribution >= 0.6 is 11.6 Å². The summed E-state index contributed by atoms with van der Waals surface area (Å²) >= 11 is 5.87. The molecule has 0 spiro atoms. The first kappa shape index (κ1) is 15.7. The van der Waals surface area contributed by atoms with Crippen LogP contribution in [0.15, 0.2) is 24.3 Å². The smallest absolute Gasteiger partial charge is 0.184 e. The van der Waals surface area contributed by atoms with E-state index in [1.165, 1.54) is 0 Å². The highest BCUT2D eigenvalue weighted by molar-refractivity contribution is 6.30. The van der Waals surface area contributed by atoms with Crippen LogP contribution in [0.2, 0.25) is 5.02 Å². The van der Waals surface area contributed by atoms with Crippen LogP contribution in [0.25, 0.3) is 0 Å². The molecule has 1 aromatic carbocycles. The summed E-state index contributed by atoms with van der Waals surface area (Å²) in [5.74, 6) is 0. The van der Waals surface area contributed by atoms with Crippen LogP contribution in [0.1, 0.15) is 11.9 Å². The van der Waals surface area contributed by atoms with Crippen LogP contribution in [-0.4, -0.2) is 58.1 Å². The van der Waals surface area contributed by atoms with E-state index in [2.05, 4.69) is 0 Å². The molecule has 0 radical (unpaired) electrons. The first-order chi connectivity index (χ1) is 9.52. The third-order valence-electron chi connectivity index (χ3n) is 3.14. The van der Waals surface area contributed by atoms with E-state index in [0.717, 1.165) is 0 Å². The SMILES string of the molecule is OC[C@H](O)[C@@H](O)[C@H](O)[C@H]1COC(c2cccc(Cl)c2)O1. The molecule has 1 heterocycles. The number of hydrogen-bond acceptors (Lipinski definition) is 6. The fraction of sp³-hybridized carbons (Fsp3) is 0.538. The fourth-order valence-corrected chi connectivity index (χ4v) is 2.18. The summed E-state index contributed by atoms with van der Waals surface area (Å²) in [6.45, 7) is -0.586. The molecular weight excluding hydrogens is 288 g/mol. The number of aliphatic hydroxyl groups is 4. The molecule has 1 aliphatic heterocycles. The van der Waals surface area contributed by atoms with E-state index in [1.54, 1.807) is 24.3 Å². The zero-order valence-electron chi connectivity index (χ0n) is 10.6. The van der Waals surface area contributed by atoms with Gasteiger partial charge < -0.3 is 29.9 Å². The van der Waals surface area contributed by atoms with Crippen molar-refractivity contribution in [3.63, 3.8) is 0 Å². The van der Waals surface area contributed by atoms with Gasteiger partial charge in [0.25, 0.3) is 0 Å². The van der Waals surface area contributed by atoms with Gasteiger partial charge in [0.2, 0.25) is 0 Å². The normalized spacial score (nSPS) is 27.2. The highest BCUT2D eigenvalue weighted by Crippen LogP contribution is 2.30. The number of rotatable bonds is 5. The van der Waals surface area contributed by atoms with E-state index < -0.39 is 37.3 Å². The van der Waals surface area contributed by atoms with E-state index in [-0.39, 0.29) is 6.61 Å². The summed E-state index contributed by atoms with van der Waals surface area (Å²) in [4.78, 5) is 0. The summed E-state index contributed by atoms with van der Waals surface area (Å²) < 4.78 is 10.9. The van der Waals surface area contributed by atoms with Crippen LogP contribution in [0, 0.1) is 0 Å². The van der Waals surface area contributed by atoms with Gasteiger partial charge in [0.1, 0.15) is 24.4 Å². The zero-order valence-corrected chi connectivity index (χ0v) is 11.3. The second-order valence-corrected chi connectivity index (χ2v) is 5.06. The minimum atomic E-state index is -1.51. The predicted octanol–water partition coefficient (Wildman–Crippen LogP) is -0.171. The van der Waals surface area contributed by atoms with Crippen molar-refractivity contribution in [3.05, 3.63) is 34.9 Å². The van der Waals surface area contributed by atoms with Crippen LogP contribution in [0.4, 0.5) is 0 Å². The Kier molecular flexibility index (Phi) is 5.34. The molecule has 1 aliphatic rings. The third kappa shape index (κ3) is 3.48. The highest BCUT2D eigenvalue weighted by atomic mass is 35.5. The van der Waals surface area contributed by atoms with Gasteiger partial charge in [-0.05, 0) is 12.1 Å². The number of aliphatic hydroxyl groups excluding tert-OH is 4. The molecule has 20 heavy (non-hydrogen) atoms. The number of hydrogen-bond donors (Lipinski definition) is 4. The number of benzene rings is 1. The Balaban J connectivity index is 1.98. The molecule has 0 bridgehead atoms. The van der Waals surface area contributed by atoms with E-state index in [4.69, 9.17) is 26.2 Å². The lowest BCUT2D eigenvalue weighted by Crippen LogP contribution is -2.46. The van der Waals surface area contributed by atoms with Gasteiger partial charge >= 0.3 is 0 Å². The molecule has 0 aromatic heterocycles. The van der Waals surface area contributed by atoms with Crippen molar-refractivity contribution in [2.24, 2.45) is 0 Å². The van der Waals surface area contributed by atoms with Gasteiger partial charge in [-0.25, -0.2) is 0 Å². The van der Waals surface area contributed by atoms with E-state index >= 15 is 0 Å². The van der Waals surface area contributed by atoms with Gasteiger partial charge in [-0.3, -0.25) is 0 Å². The maximum absolute atomic E-state index is 9.89. The molecule has 1 saturated heterocycles. The molecular formula is C13H17ClO6. The van der Waals surface area contributed by atoms with Crippen molar-refractivity contribution in [1.82, 2.24) is 0 Å². The zero-order chi connectivity index (χ0) is 14.7. The molecule has 1 fully saturated rings. The van der Waals surface area contributed by atoms with Gasteiger partial charge in [0.05, 0.1) is 13.2 Å². The first-order valence-corrected chi connectivity index (χ1v) is 6.58. The van der Waals surface area contributed by atoms with Crippen molar-refractivity contribution in [3.8, 4) is 0 Å². The second kappa shape index (κ2) is 6.82. The molecule has 1 unspecified atom stereocenters. The van der Waals surface area contributed by atoms with Crippen LogP contribution in [-0.2, 0) is 9.47 Å². The lowest BCUT2D eigenvalue weighted by molar-refractivity contribution is -0.134. The Morgan fingerprint density at radius 1 is 1.30 bits per heavy atom. The Morgan fingerprint density at radius 3 is 2.70 bits per heavy atom. The van der Waals surface area contributed by atoms with Crippen molar-refractivity contribution in [1.29, 1.82) is 0 Å². The van der Waals surface area contributed by atoms with E-state index in [9.17, 15) is 15.3 Å². The molecule has 0 amide bonds. The standard InChI is InChI=1S/C13H17ClO6/c14-8-3-1-2-7(4-8)13-19-6-10(20-13)12(18)11(17)9(16)5-15/h1-4,9-13,15-18H,5-6H2/t9-,10+,11+,12+,13?/m0/s1. The molecule has 0 saturated carbocycles. The van der Waals surface area contributed by atoms with Gasteiger partial charge in [0.15, 0.2) is 6.29 Å². The van der Waals surface area contributed by atoms with E-state index in [0.29, 0.717) is 10.6 Å². The van der Waals surface area contributed by atoms with Crippen LogP contribution in [0.5, 0.6) is 0 Å². The number of halogens is 1. The van der Waals surface area contributed by atoms with Crippen molar-refractivity contribution >= 4 is 11.6 Å². The van der Waals surface area contributed by atoms with Crippen molar-refractivity contribution < 1.29 is 29.9 Å². The average Bonchev–Trinajstić information content (AvgIpc) is 2.94. The van der Waals surface area contributed by atoms with Crippen LogP contribution in [0.3, 0.4) is 0 Å². The molecule has 2 rings (SSSR count). The summed E-state index contributed by atoms with van der Waals surface area (Å²) in [5, 5.41) is 38.1. The average molecular weight is 305 g/mol. The molecule has 112 valence electrons. The molecule has 0 aliphatic carbocycles. The maximum atomic E-state index is 9.89. The minimum absolute atomic E-state index is 0.0631. The molecule has 5 atom stereocenters. The fourth-order valence-electron chi connectivity index (χ4n) is 1.98. The minimum Gasteiger partial charge on any atom is -0.394 e. The number of ether oxygens (including phenoxy) is 2. The quantitative estimate of drug-likeness (QED) is 0.603. The van der Waals surface area contributed by atoms with Crippen molar-refractivity contribution in [2.45, 2.75) is 30.7 Å². The van der Waals surface area contributed by atoms with Crippen LogP contribution < -0.4 is 0 Å². The van der Waals surface area contributed by atoms with Gasteiger partial charge in [-0.1, -0.05) is 23.7 Å². The maximum Gasteiger partial charge on any atom is 0.184 e. The second-order valence-electron chi connectivity index (χ2n) is 4.63. The topological polar surface area (TPSA) is 99.4 Å². The summed E-state index contributed by atoms with van der Waals surface area (Å²) in [5.41, 5.74) is 0.699. The summed E-state index contributed by atoms with van der Waals surface area (Å²) in [7, 11) is 0. The van der Waals surface area contributed by atoms with Crippen molar-refractivity contribution in [2.75, 3.05) is 13.2 Å². The molecule has 4 N–H and O–H groups in total. The largest absolute Gasteiger partial charge is 0.394 e. The Bertz CT molecular complexity index is 443. The lowest BCUT2D eigenvalue weighted by Gasteiger charge is -2.25. The Morgan fingerprint density at radius 2 is 2.05 bits per heavy atom. The Labute approximate surface area is 121 Å². The third-order valence-corrected chi connectivity index (χ3v) is 3.38. The van der Waals surface area contributed by atoms with Gasteiger partial charge in [-0.15, -0.1) is 0 Å². The summed E-state index contributed by atoms with van der Waals surface area (Å²) in [6, 6.07) is 6.91.